The number of nitrogens with one attached hydrogen (secondary N) is 2. The number of benzene rings is 1. The summed E-state index contributed by atoms with van der Waals surface area (Å²) in [6.45, 7) is 3.46. The number of H-pyrrole nitrogens is 1. The fourth-order valence-electron chi connectivity index (χ4n) is 1.59. The van der Waals surface area contributed by atoms with Crippen molar-refractivity contribution in [3.8, 4) is 5.75 Å². The van der Waals surface area contributed by atoms with Gasteiger partial charge in [0.25, 0.3) is 16.0 Å². The zero-order valence-electron chi connectivity index (χ0n) is 10.8. The Hall–Kier alpha value is -2.09. The number of rotatable bonds is 4. The number of sulfonamides is 1. The molecule has 0 atom stereocenters. The van der Waals surface area contributed by atoms with Gasteiger partial charge in [-0.15, -0.1) is 5.10 Å². The number of aryl methyl sites for hydroxylation is 2. The van der Waals surface area contributed by atoms with E-state index in [0.717, 1.165) is 5.56 Å². The maximum absolute atomic E-state index is 12.1. The smallest absolute Gasteiger partial charge is 0.264 e. The summed E-state index contributed by atoms with van der Waals surface area (Å²) < 4.78 is 31.6. The van der Waals surface area contributed by atoms with Gasteiger partial charge in [0.2, 0.25) is 0 Å². The summed E-state index contributed by atoms with van der Waals surface area (Å²) >= 11 is 0. The SMILES string of the molecule is COc1ccc(S(=O)(=O)Nc2n[nH]c(C)n2)cc1C. The van der Waals surface area contributed by atoms with Gasteiger partial charge < -0.3 is 4.74 Å². The van der Waals surface area contributed by atoms with Crippen LogP contribution in [0, 0.1) is 13.8 Å². The van der Waals surface area contributed by atoms with Crippen molar-refractivity contribution in [3.05, 3.63) is 29.6 Å². The second-order valence-corrected chi connectivity index (χ2v) is 5.66. The molecule has 0 saturated heterocycles. The van der Waals surface area contributed by atoms with Crippen molar-refractivity contribution in [1.29, 1.82) is 0 Å². The van der Waals surface area contributed by atoms with Gasteiger partial charge in [-0.05, 0) is 37.6 Å². The standard InChI is InChI=1S/C11H14N4O3S/c1-7-6-9(4-5-10(7)18-3)19(16,17)15-11-12-8(2)13-14-11/h4-6H,1-3H3,(H2,12,13,14,15). The predicted molar refractivity (Wildman–Crippen MR) is 69.7 cm³/mol. The molecule has 0 aliphatic rings. The number of aromatic amines is 1. The summed E-state index contributed by atoms with van der Waals surface area (Å²) in [7, 11) is -2.17. The second kappa shape index (κ2) is 4.88. The lowest BCUT2D eigenvalue weighted by atomic mass is 10.2. The number of aromatic nitrogens is 3. The van der Waals surface area contributed by atoms with E-state index in [1.54, 1.807) is 19.9 Å². The molecular formula is C11H14N4O3S. The molecule has 19 heavy (non-hydrogen) atoms. The van der Waals surface area contributed by atoms with Crippen LogP contribution in [-0.2, 0) is 10.0 Å². The van der Waals surface area contributed by atoms with E-state index in [0.29, 0.717) is 11.6 Å². The molecule has 0 unspecified atom stereocenters. The molecule has 0 aliphatic carbocycles. The minimum atomic E-state index is -3.70. The van der Waals surface area contributed by atoms with Crippen molar-refractivity contribution in [3.63, 3.8) is 0 Å². The molecule has 0 fully saturated rings. The molecule has 0 saturated carbocycles. The highest BCUT2D eigenvalue weighted by molar-refractivity contribution is 7.92. The molecule has 1 aromatic heterocycles. The molecule has 0 amide bonds. The monoisotopic (exact) mass is 282 g/mol. The summed E-state index contributed by atoms with van der Waals surface area (Å²) in [6, 6.07) is 4.60. The van der Waals surface area contributed by atoms with Crippen LogP contribution < -0.4 is 9.46 Å². The van der Waals surface area contributed by atoms with Crippen molar-refractivity contribution in [2.75, 3.05) is 11.8 Å². The number of hydrogen-bond donors (Lipinski definition) is 2. The fourth-order valence-corrected chi connectivity index (χ4v) is 2.61. The van der Waals surface area contributed by atoms with E-state index in [4.69, 9.17) is 4.74 Å². The van der Waals surface area contributed by atoms with Gasteiger partial charge >= 0.3 is 0 Å². The normalized spacial score (nSPS) is 11.3. The van der Waals surface area contributed by atoms with Crippen molar-refractivity contribution >= 4 is 16.0 Å². The fraction of sp³-hybridized carbons (Fsp3) is 0.273. The Balaban J connectivity index is 2.31. The summed E-state index contributed by atoms with van der Waals surface area (Å²) in [4.78, 5) is 4.03. The van der Waals surface area contributed by atoms with E-state index in [1.807, 2.05) is 0 Å². The average Bonchev–Trinajstić information content (AvgIpc) is 2.73. The first-order valence-electron chi connectivity index (χ1n) is 5.49. The third-order valence-corrected chi connectivity index (χ3v) is 3.83. The molecule has 1 heterocycles. The summed E-state index contributed by atoms with van der Waals surface area (Å²) in [6.07, 6.45) is 0. The minimum Gasteiger partial charge on any atom is -0.496 e. The molecule has 0 radical (unpaired) electrons. The van der Waals surface area contributed by atoms with Crippen molar-refractivity contribution < 1.29 is 13.2 Å². The lowest BCUT2D eigenvalue weighted by Crippen LogP contribution is -2.14. The van der Waals surface area contributed by atoms with Gasteiger partial charge in [0.1, 0.15) is 11.6 Å². The Kier molecular flexibility index (Phi) is 3.43. The highest BCUT2D eigenvalue weighted by atomic mass is 32.2. The van der Waals surface area contributed by atoms with Gasteiger partial charge in [-0.3, -0.25) is 5.10 Å². The molecule has 2 aromatic rings. The van der Waals surface area contributed by atoms with Crippen molar-refractivity contribution in [2.24, 2.45) is 0 Å². The van der Waals surface area contributed by atoms with Crippen LogP contribution in [0.1, 0.15) is 11.4 Å². The topological polar surface area (TPSA) is 97.0 Å². The summed E-state index contributed by atoms with van der Waals surface area (Å²) in [5.41, 5.74) is 0.733. The number of anilines is 1. The highest BCUT2D eigenvalue weighted by Crippen LogP contribution is 2.22. The maximum atomic E-state index is 12.1. The van der Waals surface area contributed by atoms with Gasteiger partial charge in [0, 0.05) is 0 Å². The van der Waals surface area contributed by atoms with Gasteiger partial charge in [-0.1, -0.05) is 0 Å². The lowest BCUT2D eigenvalue weighted by molar-refractivity contribution is 0.411. The number of methoxy groups -OCH3 is 1. The molecule has 0 aliphatic heterocycles. The molecule has 8 heteroatoms. The zero-order chi connectivity index (χ0) is 14.0. The molecule has 2 N–H and O–H groups in total. The van der Waals surface area contributed by atoms with Crippen LogP contribution in [0.15, 0.2) is 23.1 Å². The van der Waals surface area contributed by atoms with E-state index < -0.39 is 10.0 Å². The molecule has 0 bridgehead atoms. The summed E-state index contributed by atoms with van der Waals surface area (Å²) in [5.74, 6) is 1.18. The molecule has 102 valence electrons. The van der Waals surface area contributed by atoms with Crippen LogP contribution in [-0.4, -0.2) is 30.7 Å². The molecule has 2 rings (SSSR count). The molecular weight excluding hydrogens is 268 g/mol. The summed E-state index contributed by atoms with van der Waals surface area (Å²) in [5, 5.41) is 6.30. The van der Waals surface area contributed by atoms with Crippen LogP contribution in [0.4, 0.5) is 5.95 Å². The van der Waals surface area contributed by atoms with Gasteiger partial charge in [-0.2, -0.15) is 4.98 Å². The quantitative estimate of drug-likeness (QED) is 0.879. The Morgan fingerprint density at radius 3 is 2.58 bits per heavy atom. The van der Waals surface area contributed by atoms with E-state index >= 15 is 0 Å². The Bertz CT molecular complexity index is 694. The zero-order valence-corrected chi connectivity index (χ0v) is 11.6. The minimum absolute atomic E-state index is 0.0194. The van der Waals surface area contributed by atoms with E-state index in [2.05, 4.69) is 19.9 Å². The number of ether oxygens (including phenoxy) is 1. The van der Waals surface area contributed by atoms with E-state index in [-0.39, 0.29) is 10.8 Å². The maximum Gasteiger partial charge on any atom is 0.264 e. The largest absolute Gasteiger partial charge is 0.496 e. The Labute approximate surface area is 111 Å². The Morgan fingerprint density at radius 2 is 2.05 bits per heavy atom. The van der Waals surface area contributed by atoms with Crippen LogP contribution in [0.2, 0.25) is 0 Å². The van der Waals surface area contributed by atoms with Gasteiger partial charge in [-0.25, -0.2) is 13.1 Å². The third kappa shape index (κ3) is 2.84. The first-order valence-corrected chi connectivity index (χ1v) is 6.97. The van der Waals surface area contributed by atoms with Gasteiger partial charge in [0.05, 0.1) is 12.0 Å². The van der Waals surface area contributed by atoms with Crippen LogP contribution >= 0.6 is 0 Å². The van der Waals surface area contributed by atoms with Crippen LogP contribution in [0.25, 0.3) is 0 Å². The highest BCUT2D eigenvalue weighted by Gasteiger charge is 2.17. The molecule has 0 spiro atoms. The van der Waals surface area contributed by atoms with E-state index in [1.165, 1.54) is 19.2 Å². The molecule has 1 aromatic carbocycles. The van der Waals surface area contributed by atoms with Crippen molar-refractivity contribution in [2.45, 2.75) is 18.7 Å². The van der Waals surface area contributed by atoms with Crippen LogP contribution in [0.5, 0.6) is 5.75 Å². The second-order valence-electron chi connectivity index (χ2n) is 3.98. The van der Waals surface area contributed by atoms with Gasteiger partial charge in [0.15, 0.2) is 0 Å². The lowest BCUT2D eigenvalue weighted by Gasteiger charge is -2.08. The average molecular weight is 282 g/mol. The molecule has 7 nitrogen and oxygen atoms in total. The van der Waals surface area contributed by atoms with Crippen molar-refractivity contribution in [1.82, 2.24) is 15.2 Å². The first kappa shape index (κ1) is 13.3. The van der Waals surface area contributed by atoms with E-state index in [9.17, 15) is 8.42 Å². The number of nitrogens with zero attached hydrogens (tertiary/aromatic N) is 2. The Morgan fingerprint density at radius 1 is 1.32 bits per heavy atom. The van der Waals surface area contributed by atoms with Crippen LogP contribution in [0.3, 0.4) is 0 Å². The third-order valence-electron chi connectivity index (χ3n) is 2.50. The number of hydrogen-bond acceptors (Lipinski definition) is 5. The predicted octanol–water partition coefficient (Wildman–Crippen LogP) is 1.23. The first-order chi connectivity index (χ1) is 8.92.